The van der Waals surface area contributed by atoms with Crippen molar-refractivity contribution in [2.45, 2.75) is 24.3 Å². The third-order valence-electron chi connectivity index (χ3n) is 4.81. The Labute approximate surface area is 143 Å². The maximum atomic E-state index is 12.9. The molecule has 6 heteroatoms. The number of nitrogens with zero attached hydrogens (tertiary/aromatic N) is 2. The van der Waals surface area contributed by atoms with Crippen molar-refractivity contribution in [2.75, 3.05) is 33.3 Å². The molecular weight excluding hydrogens is 324 g/mol. The molecule has 3 rings (SSSR count). The van der Waals surface area contributed by atoms with Gasteiger partial charge in [0.05, 0.1) is 11.5 Å². The summed E-state index contributed by atoms with van der Waals surface area (Å²) in [4.78, 5) is 2.38. The number of likely N-dealkylation sites (N-methyl/N-ethyl adjacent to an activating group) is 1. The highest BCUT2D eigenvalue weighted by molar-refractivity contribution is 7.89. The van der Waals surface area contributed by atoms with Gasteiger partial charge in [-0.15, -0.1) is 0 Å². The second-order valence-corrected chi connectivity index (χ2v) is 8.46. The van der Waals surface area contributed by atoms with Gasteiger partial charge in [0.25, 0.3) is 0 Å². The van der Waals surface area contributed by atoms with Crippen LogP contribution in [0.15, 0.2) is 41.3 Å². The Hall–Kier alpha value is -1.47. The molecule has 24 heavy (non-hydrogen) atoms. The van der Waals surface area contributed by atoms with E-state index in [9.17, 15) is 8.42 Å². The molecular formula is C18H24N2O3S. The number of aryl methyl sites for hydroxylation is 1. The minimum atomic E-state index is -3.48. The number of hydrogen-bond acceptors (Lipinski definition) is 4. The van der Waals surface area contributed by atoms with Crippen LogP contribution in [0.2, 0.25) is 0 Å². The molecule has 2 aromatic carbocycles. The summed E-state index contributed by atoms with van der Waals surface area (Å²) >= 11 is 0. The lowest BCUT2D eigenvalue weighted by Gasteiger charge is -2.23. The van der Waals surface area contributed by atoms with Crippen LogP contribution in [0.25, 0.3) is 10.8 Å². The van der Waals surface area contributed by atoms with Crippen LogP contribution in [0, 0.1) is 6.92 Å². The number of rotatable bonds is 5. The van der Waals surface area contributed by atoms with Gasteiger partial charge in [0.2, 0.25) is 10.0 Å². The largest absolute Gasteiger partial charge is 0.395 e. The normalized spacial score (nSPS) is 19.4. The lowest BCUT2D eigenvalue weighted by Crippen LogP contribution is -2.37. The van der Waals surface area contributed by atoms with Gasteiger partial charge in [0, 0.05) is 25.7 Å². The van der Waals surface area contributed by atoms with Crippen LogP contribution >= 0.6 is 0 Å². The van der Waals surface area contributed by atoms with Crippen molar-refractivity contribution in [1.29, 1.82) is 0 Å². The van der Waals surface area contributed by atoms with E-state index in [-0.39, 0.29) is 12.6 Å². The van der Waals surface area contributed by atoms with Crippen LogP contribution in [0.3, 0.4) is 0 Å². The zero-order valence-corrected chi connectivity index (χ0v) is 15.0. The van der Waals surface area contributed by atoms with Gasteiger partial charge >= 0.3 is 0 Å². The van der Waals surface area contributed by atoms with E-state index < -0.39 is 10.0 Å². The SMILES string of the molecule is Cc1ccc2cc(S(=O)(=O)N3CCC(N(C)CCO)C3)ccc2c1. The fourth-order valence-corrected chi connectivity index (χ4v) is 4.81. The van der Waals surface area contributed by atoms with Gasteiger partial charge in [-0.25, -0.2) is 8.42 Å². The third kappa shape index (κ3) is 3.32. The predicted octanol–water partition coefficient (Wildman–Crippen LogP) is 1.84. The molecule has 1 aliphatic rings. The second-order valence-electron chi connectivity index (χ2n) is 6.52. The molecule has 0 amide bonds. The first-order valence-corrected chi connectivity index (χ1v) is 9.67. The third-order valence-corrected chi connectivity index (χ3v) is 6.67. The number of hydrogen-bond donors (Lipinski definition) is 1. The summed E-state index contributed by atoms with van der Waals surface area (Å²) in [6.07, 6.45) is 0.794. The van der Waals surface area contributed by atoms with Crippen LogP contribution in [-0.4, -0.2) is 62.1 Å². The van der Waals surface area contributed by atoms with Crippen molar-refractivity contribution in [2.24, 2.45) is 0 Å². The molecule has 2 aromatic rings. The molecule has 0 aliphatic carbocycles. The van der Waals surface area contributed by atoms with Gasteiger partial charge < -0.3 is 5.11 Å². The fraction of sp³-hybridized carbons (Fsp3) is 0.444. The average Bonchev–Trinajstić information content (AvgIpc) is 3.05. The summed E-state index contributed by atoms with van der Waals surface area (Å²) in [5.74, 6) is 0. The molecule has 1 fully saturated rings. The standard InChI is InChI=1S/C18H24N2O3S/c1-14-3-4-16-12-18(6-5-15(16)11-14)24(22,23)20-8-7-17(13-20)19(2)9-10-21/h3-6,11-12,17,21H,7-10,13H2,1-2H3. The molecule has 0 spiro atoms. The molecule has 1 saturated heterocycles. The van der Waals surface area contributed by atoms with Crippen molar-refractivity contribution in [1.82, 2.24) is 9.21 Å². The van der Waals surface area contributed by atoms with Crippen LogP contribution in [0.4, 0.5) is 0 Å². The Morgan fingerprint density at radius 2 is 1.92 bits per heavy atom. The van der Waals surface area contributed by atoms with E-state index in [4.69, 9.17) is 5.11 Å². The summed E-state index contributed by atoms with van der Waals surface area (Å²) in [7, 11) is -1.55. The maximum Gasteiger partial charge on any atom is 0.243 e. The van der Waals surface area contributed by atoms with E-state index in [0.717, 1.165) is 22.8 Å². The van der Waals surface area contributed by atoms with Gasteiger partial charge in [-0.3, -0.25) is 4.90 Å². The van der Waals surface area contributed by atoms with Gasteiger partial charge in [-0.1, -0.05) is 29.8 Å². The summed E-state index contributed by atoms with van der Waals surface area (Å²) in [5, 5.41) is 11.0. The molecule has 130 valence electrons. The maximum absolute atomic E-state index is 12.9. The molecule has 1 aliphatic heterocycles. The fourth-order valence-electron chi connectivity index (χ4n) is 3.28. The average molecular weight is 348 g/mol. The van der Waals surface area contributed by atoms with E-state index in [1.165, 1.54) is 0 Å². The van der Waals surface area contributed by atoms with E-state index in [1.54, 1.807) is 16.4 Å². The van der Waals surface area contributed by atoms with E-state index in [2.05, 4.69) is 6.07 Å². The molecule has 0 aromatic heterocycles. The first-order valence-electron chi connectivity index (χ1n) is 8.23. The number of benzene rings is 2. The molecule has 0 bridgehead atoms. The molecule has 0 saturated carbocycles. The zero-order valence-electron chi connectivity index (χ0n) is 14.1. The number of sulfonamides is 1. The second kappa shape index (κ2) is 6.80. The highest BCUT2D eigenvalue weighted by Crippen LogP contribution is 2.26. The quantitative estimate of drug-likeness (QED) is 0.896. The van der Waals surface area contributed by atoms with Crippen LogP contribution in [0.1, 0.15) is 12.0 Å². The Morgan fingerprint density at radius 3 is 2.67 bits per heavy atom. The zero-order chi connectivity index (χ0) is 17.3. The van der Waals surface area contributed by atoms with Crippen molar-refractivity contribution >= 4 is 20.8 Å². The molecule has 1 unspecified atom stereocenters. The van der Waals surface area contributed by atoms with Gasteiger partial charge in [0.15, 0.2) is 0 Å². The van der Waals surface area contributed by atoms with E-state index >= 15 is 0 Å². The Balaban J connectivity index is 1.84. The van der Waals surface area contributed by atoms with Crippen molar-refractivity contribution in [3.05, 3.63) is 42.0 Å². The lowest BCUT2D eigenvalue weighted by atomic mass is 10.1. The first kappa shape index (κ1) is 17.4. The summed E-state index contributed by atoms with van der Waals surface area (Å²) in [6.45, 7) is 3.68. The summed E-state index contributed by atoms with van der Waals surface area (Å²) in [6, 6.07) is 11.5. The highest BCUT2D eigenvalue weighted by atomic mass is 32.2. The Bertz CT molecular complexity index is 835. The summed E-state index contributed by atoms with van der Waals surface area (Å²) in [5.41, 5.74) is 1.16. The minimum absolute atomic E-state index is 0.0871. The molecule has 5 nitrogen and oxygen atoms in total. The van der Waals surface area contributed by atoms with E-state index in [0.29, 0.717) is 24.5 Å². The van der Waals surface area contributed by atoms with Gasteiger partial charge in [0.1, 0.15) is 0 Å². The smallest absolute Gasteiger partial charge is 0.243 e. The monoisotopic (exact) mass is 348 g/mol. The van der Waals surface area contributed by atoms with Crippen LogP contribution < -0.4 is 0 Å². The summed E-state index contributed by atoms with van der Waals surface area (Å²) < 4.78 is 27.4. The van der Waals surface area contributed by atoms with Crippen molar-refractivity contribution in [3.8, 4) is 0 Å². The van der Waals surface area contributed by atoms with Crippen LogP contribution in [-0.2, 0) is 10.0 Å². The predicted molar refractivity (Wildman–Crippen MR) is 95.6 cm³/mol. The first-order chi connectivity index (χ1) is 11.4. The molecule has 0 radical (unpaired) electrons. The van der Waals surface area contributed by atoms with Gasteiger partial charge in [-0.2, -0.15) is 4.31 Å². The van der Waals surface area contributed by atoms with Crippen molar-refractivity contribution < 1.29 is 13.5 Å². The van der Waals surface area contributed by atoms with Crippen molar-refractivity contribution in [3.63, 3.8) is 0 Å². The number of aliphatic hydroxyl groups excluding tert-OH is 1. The van der Waals surface area contributed by atoms with E-state index in [1.807, 2.05) is 37.1 Å². The van der Waals surface area contributed by atoms with Crippen LogP contribution in [0.5, 0.6) is 0 Å². The molecule has 1 N–H and O–H groups in total. The Kier molecular flexibility index (Phi) is 4.92. The molecule has 1 atom stereocenters. The highest BCUT2D eigenvalue weighted by Gasteiger charge is 2.34. The van der Waals surface area contributed by atoms with Gasteiger partial charge in [-0.05, 0) is 43.3 Å². The molecule has 1 heterocycles. The number of aliphatic hydroxyl groups is 1. The topological polar surface area (TPSA) is 60.9 Å². The minimum Gasteiger partial charge on any atom is -0.395 e. The number of fused-ring (bicyclic) bond motifs is 1. The lowest BCUT2D eigenvalue weighted by molar-refractivity contribution is 0.184. The Morgan fingerprint density at radius 1 is 1.21 bits per heavy atom.